The number of hydrogen-bond donors (Lipinski definition) is 1. The van der Waals surface area contributed by atoms with Crippen LogP contribution in [0.15, 0.2) is 53.6 Å². The summed E-state index contributed by atoms with van der Waals surface area (Å²) in [5, 5.41) is 6.65. The summed E-state index contributed by atoms with van der Waals surface area (Å²) in [6.07, 6.45) is -7.99. The Bertz CT molecular complexity index is 1330. The average Bonchev–Trinajstić information content (AvgIpc) is 3.28. The van der Waals surface area contributed by atoms with Crippen LogP contribution in [0.5, 0.6) is 0 Å². The highest BCUT2D eigenvalue weighted by molar-refractivity contribution is 7.89. The molecule has 0 amide bonds. The third-order valence-electron chi connectivity index (χ3n) is 5.81. The van der Waals surface area contributed by atoms with E-state index in [0.717, 1.165) is 34.6 Å². The van der Waals surface area contributed by atoms with Gasteiger partial charge in [0.1, 0.15) is 0 Å². The van der Waals surface area contributed by atoms with E-state index in [2.05, 4.69) is 10.2 Å². The van der Waals surface area contributed by atoms with E-state index < -0.39 is 50.5 Å². The van der Waals surface area contributed by atoms with Crippen LogP contribution in [0.25, 0.3) is 0 Å². The Morgan fingerprint density at radius 1 is 0.906 bits per heavy atom. The zero-order chi connectivity index (χ0) is 23.1. The number of H-pyrrole nitrogens is 1. The Hall–Kier alpha value is -2.86. The second kappa shape index (κ2) is 6.58. The summed E-state index contributed by atoms with van der Waals surface area (Å²) in [6, 6.07) is 4.29. The zero-order valence-electron chi connectivity index (χ0n) is 15.9. The Morgan fingerprint density at radius 2 is 1.59 bits per heavy atom. The molecular formula is C20H13F6N3O2S. The molecule has 3 heterocycles. The van der Waals surface area contributed by atoms with Gasteiger partial charge >= 0.3 is 12.4 Å². The molecule has 1 aromatic heterocycles. The lowest BCUT2D eigenvalue weighted by atomic mass is 9.99. The Kier molecular flexibility index (Phi) is 4.32. The van der Waals surface area contributed by atoms with Crippen LogP contribution < -0.4 is 0 Å². The van der Waals surface area contributed by atoms with E-state index in [1.165, 1.54) is 12.3 Å². The molecule has 2 aliphatic heterocycles. The number of nitrogens with zero attached hydrogens (tertiary/aromatic N) is 2. The molecular weight excluding hydrogens is 460 g/mol. The molecule has 0 saturated carbocycles. The molecule has 1 N–H and O–H groups in total. The fourth-order valence-electron chi connectivity index (χ4n) is 4.42. The van der Waals surface area contributed by atoms with Crippen molar-refractivity contribution in [2.45, 2.75) is 35.8 Å². The van der Waals surface area contributed by atoms with Crippen molar-refractivity contribution >= 4 is 10.0 Å². The minimum Gasteiger partial charge on any atom is -0.282 e. The quantitative estimate of drug-likeness (QED) is 0.542. The van der Waals surface area contributed by atoms with Crippen molar-refractivity contribution < 1.29 is 34.8 Å². The summed E-state index contributed by atoms with van der Waals surface area (Å²) in [5.41, 5.74) is -0.523. The predicted molar refractivity (Wildman–Crippen MR) is 98.8 cm³/mol. The standard InChI is InChI=1S/C20H13F6N3O2S/c21-19(22,23)10-2-1-3-12(6-10)32(30,31)29-17-8-16-15(9-27-28-16)18(29)13-5-4-11(7-14(13)17)20(24,25)26/h1-7,9,17-18H,8H2,(H,27,28)/t17-,18-/m1/s1. The number of fused-ring (bicyclic) bond motifs is 7. The molecule has 0 unspecified atom stereocenters. The van der Waals surface area contributed by atoms with E-state index in [1.54, 1.807) is 0 Å². The van der Waals surface area contributed by atoms with Gasteiger partial charge in [-0.1, -0.05) is 12.1 Å². The highest BCUT2D eigenvalue weighted by atomic mass is 32.2. The van der Waals surface area contributed by atoms with E-state index >= 15 is 0 Å². The fourth-order valence-corrected chi connectivity index (χ4v) is 6.22. The molecule has 2 bridgehead atoms. The lowest BCUT2D eigenvalue weighted by molar-refractivity contribution is -0.138. The van der Waals surface area contributed by atoms with Crippen LogP contribution in [0.3, 0.4) is 0 Å². The topological polar surface area (TPSA) is 66.1 Å². The SMILES string of the molecule is O=S(=O)(c1cccc(C(F)(F)F)c1)N1[C@@H]2c3ccc(C(F)(F)F)cc3[C@H]1Cc1[nH]ncc12. The van der Waals surface area contributed by atoms with Crippen LogP contribution in [0.2, 0.25) is 0 Å². The first-order chi connectivity index (χ1) is 14.9. The van der Waals surface area contributed by atoms with Crippen molar-refractivity contribution in [2.75, 3.05) is 0 Å². The molecule has 168 valence electrons. The van der Waals surface area contributed by atoms with E-state index in [1.807, 2.05) is 0 Å². The van der Waals surface area contributed by atoms with Crippen molar-refractivity contribution in [3.05, 3.63) is 82.2 Å². The van der Waals surface area contributed by atoms with Crippen LogP contribution in [-0.2, 0) is 28.8 Å². The van der Waals surface area contributed by atoms with Gasteiger partial charge in [0.05, 0.1) is 34.3 Å². The largest absolute Gasteiger partial charge is 0.416 e. The second-order valence-electron chi connectivity index (χ2n) is 7.63. The maximum absolute atomic E-state index is 13.5. The maximum atomic E-state index is 13.5. The highest BCUT2D eigenvalue weighted by Gasteiger charge is 2.51. The monoisotopic (exact) mass is 473 g/mol. The molecule has 0 saturated heterocycles. The third kappa shape index (κ3) is 3.04. The van der Waals surface area contributed by atoms with Gasteiger partial charge in [0, 0.05) is 17.7 Å². The van der Waals surface area contributed by atoms with E-state index in [-0.39, 0.29) is 12.0 Å². The van der Waals surface area contributed by atoms with Crippen molar-refractivity contribution in [1.29, 1.82) is 0 Å². The van der Waals surface area contributed by atoms with Crippen molar-refractivity contribution in [3.8, 4) is 0 Å². The number of sulfonamides is 1. The van der Waals surface area contributed by atoms with Gasteiger partial charge in [-0.05, 0) is 41.5 Å². The Balaban J connectivity index is 1.68. The molecule has 0 aliphatic carbocycles. The van der Waals surface area contributed by atoms with Gasteiger partial charge in [-0.15, -0.1) is 0 Å². The van der Waals surface area contributed by atoms with Gasteiger partial charge in [-0.25, -0.2) is 8.42 Å². The molecule has 2 atom stereocenters. The summed E-state index contributed by atoms with van der Waals surface area (Å²) in [6.45, 7) is 0. The lowest BCUT2D eigenvalue weighted by Gasteiger charge is -2.33. The van der Waals surface area contributed by atoms with Crippen LogP contribution in [-0.4, -0.2) is 22.9 Å². The Morgan fingerprint density at radius 3 is 2.28 bits per heavy atom. The van der Waals surface area contributed by atoms with Crippen LogP contribution >= 0.6 is 0 Å². The van der Waals surface area contributed by atoms with E-state index in [0.29, 0.717) is 22.9 Å². The molecule has 5 rings (SSSR count). The van der Waals surface area contributed by atoms with E-state index in [4.69, 9.17) is 0 Å². The van der Waals surface area contributed by atoms with Gasteiger partial charge in [-0.3, -0.25) is 5.10 Å². The molecule has 5 nitrogen and oxygen atoms in total. The summed E-state index contributed by atoms with van der Waals surface area (Å²) in [4.78, 5) is -0.585. The van der Waals surface area contributed by atoms with Gasteiger partial charge < -0.3 is 0 Å². The van der Waals surface area contributed by atoms with Crippen LogP contribution in [0, 0.1) is 0 Å². The smallest absolute Gasteiger partial charge is 0.282 e. The highest BCUT2D eigenvalue weighted by Crippen LogP contribution is 2.54. The third-order valence-corrected chi connectivity index (χ3v) is 7.68. The lowest BCUT2D eigenvalue weighted by Crippen LogP contribution is -2.37. The summed E-state index contributed by atoms with van der Waals surface area (Å²) in [7, 11) is -4.51. The fraction of sp³-hybridized carbons (Fsp3) is 0.250. The molecule has 0 fully saturated rings. The number of aromatic nitrogens is 2. The van der Waals surface area contributed by atoms with Crippen molar-refractivity contribution in [1.82, 2.24) is 14.5 Å². The zero-order valence-corrected chi connectivity index (χ0v) is 16.7. The summed E-state index contributed by atoms with van der Waals surface area (Å²) < 4.78 is 107. The molecule has 12 heteroatoms. The second-order valence-corrected chi connectivity index (χ2v) is 9.47. The first kappa shape index (κ1) is 21.0. The van der Waals surface area contributed by atoms with Crippen molar-refractivity contribution in [2.24, 2.45) is 0 Å². The van der Waals surface area contributed by atoms with Gasteiger partial charge in [0.2, 0.25) is 10.0 Å². The molecule has 2 aromatic carbocycles. The molecule has 0 radical (unpaired) electrons. The normalized spacial score (nSPS) is 20.8. The van der Waals surface area contributed by atoms with Gasteiger partial charge in [0.15, 0.2) is 0 Å². The molecule has 2 aliphatic rings. The predicted octanol–water partition coefficient (Wildman–Crippen LogP) is 4.84. The number of halogens is 6. The number of benzene rings is 2. The summed E-state index contributed by atoms with van der Waals surface area (Å²) in [5.74, 6) is 0. The Labute approximate surface area is 177 Å². The van der Waals surface area contributed by atoms with Crippen LogP contribution in [0.4, 0.5) is 26.3 Å². The number of nitrogens with one attached hydrogen (secondary N) is 1. The number of alkyl halides is 6. The first-order valence-electron chi connectivity index (χ1n) is 9.33. The number of aromatic amines is 1. The minimum absolute atomic E-state index is 0.0122. The van der Waals surface area contributed by atoms with Gasteiger partial charge in [-0.2, -0.15) is 35.7 Å². The van der Waals surface area contributed by atoms with E-state index in [9.17, 15) is 34.8 Å². The van der Waals surface area contributed by atoms with Gasteiger partial charge in [0.25, 0.3) is 0 Å². The minimum atomic E-state index is -4.76. The summed E-state index contributed by atoms with van der Waals surface area (Å²) >= 11 is 0. The number of hydrogen-bond acceptors (Lipinski definition) is 3. The maximum Gasteiger partial charge on any atom is 0.416 e. The van der Waals surface area contributed by atoms with Crippen LogP contribution in [0.1, 0.15) is 45.6 Å². The average molecular weight is 473 g/mol. The molecule has 32 heavy (non-hydrogen) atoms. The molecule has 3 aromatic rings. The molecule has 0 spiro atoms. The first-order valence-corrected chi connectivity index (χ1v) is 10.8. The van der Waals surface area contributed by atoms with Crippen molar-refractivity contribution in [3.63, 3.8) is 0 Å². The number of rotatable bonds is 2.